The molecule has 0 unspecified atom stereocenters. The van der Waals surface area contributed by atoms with E-state index >= 15 is 0 Å². The normalized spacial score (nSPS) is 11.2. The molecular formula is C22H30N2O5S. The lowest BCUT2D eigenvalue weighted by atomic mass is 10.0. The van der Waals surface area contributed by atoms with Gasteiger partial charge in [-0.25, -0.2) is 8.42 Å². The van der Waals surface area contributed by atoms with E-state index < -0.39 is 15.9 Å². The zero-order valence-corrected chi connectivity index (χ0v) is 18.7. The first kappa shape index (κ1) is 23.5. The van der Waals surface area contributed by atoms with Crippen LogP contribution in [0.3, 0.4) is 0 Å². The summed E-state index contributed by atoms with van der Waals surface area (Å²) in [5.74, 6) is 1.09. The van der Waals surface area contributed by atoms with E-state index in [1.807, 2.05) is 31.2 Å². The van der Waals surface area contributed by atoms with E-state index in [0.29, 0.717) is 24.0 Å². The number of hydrogen-bond donors (Lipinski definition) is 1. The Bertz CT molecular complexity index is 944. The van der Waals surface area contributed by atoms with Crippen LogP contribution in [0.1, 0.15) is 32.3 Å². The van der Waals surface area contributed by atoms with E-state index in [0.717, 1.165) is 21.9 Å². The third-order valence-corrected chi connectivity index (χ3v) is 5.47. The van der Waals surface area contributed by atoms with E-state index in [1.54, 1.807) is 24.3 Å². The highest BCUT2D eigenvalue weighted by atomic mass is 32.2. The topological polar surface area (TPSA) is 84.9 Å². The zero-order chi connectivity index (χ0) is 22.1. The molecule has 2 rings (SSSR count). The first-order valence-electron chi connectivity index (χ1n) is 9.92. The Morgan fingerprint density at radius 2 is 1.67 bits per heavy atom. The number of carbonyl (C=O) groups excluding carboxylic acids is 1. The van der Waals surface area contributed by atoms with Crippen LogP contribution in [0.25, 0.3) is 0 Å². The number of anilines is 1. The van der Waals surface area contributed by atoms with Crippen molar-refractivity contribution in [2.24, 2.45) is 0 Å². The van der Waals surface area contributed by atoms with Crippen LogP contribution in [-0.2, 0) is 14.8 Å². The molecule has 1 amide bonds. The lowest BCUT2D eigenvalue weighted by molar-refractivity contribution is -0.119. The smallest absolute Gasteiger partial charge is 0.240 e. The fraction of sp³-hybridized carbons (Fsp3) is 0.409. The van der Waals surface area contributed by atoms with Crippen molar-refractivity contribution in [2.45, 2.75) is 26.7 Å². The number of benzene rings is 2. The molecule has 0 saturated carbocycles. The average molecular weight is 435 g/mol. The number of amides is 1. The molecule has 164 valence electrons. The fourth-order valence-electron chi connectivity index (χ4n) is 2.95. The van der Waals surface area contributed by atoms with Crippen molar-refractivity contribution in [1.82, 2.24) is 5.32 Å². The lowest BCUT2D eigenvalue weighted by Gasteiger charge is -2.24. The van der Waals surface area contributed by atoms with Crippen molar-refractivity contribution in [3.05, 3.63) is 54.1 Å². The van der Waals surface area contributed by atoms with Crippen LogP contribution in [0.5, 0.6) is 11.5 Å². The number of para-hydroxylation sites is 3. The maximum atomic E-state index is 12.4. The monoisotopic (exact) mass is 434 g/mol. The number of carbonyl (C=O) groups is 1. The Morgan fingerprint density at radius 1 is 1.03 bits per heavy atom. The molecule has 0 radical (unpaired) electrons. The average Bonchev–Trinajstić information content (AvgIpc) is 2.69. The van der Waals surface area contributed by atoms with Gasteiger partial charge in [-0.2, -0.15) is 0 Å². The number of nitrogens with one attached hydrogen (secondary N) is 1. The van der Waals surface area contributed by atoms with Crippen LogP contribution in [0.4, 0.5) is 5.69 Å². The molecule has 7 nitrogen and oxygen atoms in total. The van der Waals surface area contributed by atoms with Crippen LogP contribution in [-0.4, -0.2) is 46.9 Å². The van der Waals surface area contributed by atoms with E-state index in [4.69, 9.17) is 9.47 Å². The van der Waals surface area contributed by atoms with Crippen molar-refractivity contribution in [2.75, 3.05) is 36.9 Å². The predicted molar refractivity (Wildman–Crippen MR) is 119 cm³/mol. The molecular weight excluding hydrogens is 404 g/mol. The molecule has 0 aromatic heterocycles. The van der Waals surface area contributed by atoms with Gasteiger partial charge in [-0.15, -0.1) is 0 Å². The molecule has 30 heavy (non-hydrogen) atoms. The molecule has 0 spiro atoms. The van der Waals surface area contributed by atoms with Crippen LogP contribution in [0.15, 0.2) is 48.5 Å². The summed E-state index contributed by atoms with van der Waals surface area (Å²) in [6.07, 6.45) is 1.06. The Labute approximate surface area is 179 Å². The Morgan fingerprint density at radius 3 is 2.30 bits per heavy atom. The summed E-state index contributed by atoms with van der Waals surface area (Å²) in [4.78, 5) is 12.4. The van der Waals surface area contributed by atoms with Crippen molar-refractivity contribution < 1.29 is 22.7 Å². The van der Waals surface area contributed by atoms with E-state index in [2.05, 4.69) is 19.2 Å². The second-order valence-electron chi connectivity index (χ2n) is 7.06. The Balaban J connectivity index is 1.98. The summed E-state index contributed by atoms with van der Waals surface area (Å²) < 4.78 is 37.0. The molecule has 0 bridgehead atoms. The minimum absolute atomic E-state index is 0.260. The van der Waals surface area contributed by atoms with Crippen molar-refractivity contribution in [1.29, 1.82) is 0 Å². The Kier molecular flexibility index (Phi) is 8.53. The quantitative estimate of drug-likeness (QED) is 0.549. The third kappa shape index (κ3) is 6.66. The van der Waals surface area contributed by atoms with Gasteiger partial charge in [-0.05, 0) is 36.6 Å². The summed E-state index contributed by atoms with van der Waals surface area (Å²) >= 11 is 0. The summed E-state index contributed by atoms with van der Waals surface area (Å²) in [5, 5.41) is 2.71. The van der Waals surface area contributed by atoms with E-state index in [9.17, 15) is 13.2 Å². The largest absolute Gasteiger partial charge is 0.492 e. The lowest BCUT2D eigenvalue weighted by Crippen LogP contribution is -2.41. The molecule has 0 atom stereocenters. The van der Waals surface area contributed by atoms with Crippen LogP contribution in [0.2, 0.25) is 0 Å². The fourth-order valence-corrected chi connectivity index (χ4v) is 3.81. The molecule has 2 aromatic carbocycles. The van der Waals surface area contributed by atoms with Crippen molar-refractivity contribution in [3.63, 3.8) is 0 Å². The van der Waals surface area contributed by atoms with Crippen LogP contribution in [0, 0.1) is 0 Å². The summed E-state index contributed by atoms with van der Waals surface area (Å²) in [5.41, 5.74) is 1.43. The number of rotatable bonds is 11. The van der Waals surface area contributed by atoms with Crippen LogP contribution < -0.4 is 19.1 Å². The predicted octanol–water partition coefficient (Wildman–Crippen LogP) is 3.17. The first-order chi connectivity index (χ1) is 14.2. The summed E-state index contributed by atoms with van der Waals surface area (Å²) in [6.45, 7) is 6.57. The molecule has 1 N–H and O–H groups in total. The standard InChI is InChI=1S/C22H30N2O5S/c1-5-28-21-13-9-7-11-19(21)24(30(4,26)27)16-22(25)23-14-15-29-20-12-8-6-10-18(20)17(2)3/h6-13,17H,5,14-16H2,1-4H3,(H,23,25). The number of sulfonamides is 1. The van der Waals surface area contributed by atoms with Gasteiger partial charge < -0.3 is 14.8 Å². The number of nitrogens with zero attached hydrogens (tertiary/aromatic N) is 1. The van der Waals surface area contributed by atoms with Gasteiger partial charge in [-0.3, -0.25) is 9.10 Å². The molecule has 0 aliphatic carbocycles. The molecule has 2 aromatic rings. The van der Waals surface area contributed by atoms with Gasteiger partial charge in [-0.1, -0.05) is 44.2 Å². The molecule has 0 aliphatic rings. The van der Waals surface area contributed by atoms with E-state index in [-0.39, 0.29) is 19.7 Å². The zero-order valence-electron chi connectivity index (χ0n) is 17.9. The third-order valence-electron chi connectivity index (χ3n) is 4.34. The highest BCUT2D eigenvalue weighted by Gasteiger charge is 2.23. The van der Waals surface area contributed by atoms with Gasteiger partial charge in [0.15, 0.2) is 0 Å². The van der Waals surface area contributed by atoms with Gasteiger partial charge in [0.05, 0.1) is 25.1 Å². The summed E-state index contributed by atoms with van der Waals surface area (Å²) in [6, 6.07) is 14.5. The SMILES string of the molecule is CCOc1ccccc1N(CC(=O)NCCOc1ccccc1C(C)C)S(C)(=O)=O. The first-order valence-corrected chi connectivity index (χ1v) is 11.8. The minimum atomic E-state index is -3.68. The second kappa shape index (κ2) is 10.9. The van der Waals surface area contributed by atoms with Gasteiger partial charge in [0, 0.05) is 0 Å². The van der Waals surface area contributed by atoms with Crippen LogP contribution >= 0.6 is 0 Å². The molecule has 0 saturated heterocycles. The maximum absolute atomic E-state index is 12.4. The molecule has 8 heteroatoms. The summed E-state index contributed by atoms with van der Waals surface area (Å²) in [7, 11) is -3.68. The molecule has 0 fully saturated rings. The van der Waals surface area contributed by atoms with Gasteiger partial charge in [0.2, 0.25) is 15.9 Å². The van der Waals surface area contributed by atoms with E-state index in [1.165, 1.54) is 0 Å². The number of ether oxygens (including phenoxy) is 2. The second-order valence-corrected chi connectivity index (χ2v) is 8.97. The number of hydrogen-bond acceptors (Lipinski definition) is 5. The highest BCUT2D eigenvalue weighted by Crippen LogP contribution is 2.29. The molecule has 0 heterocycles. The van der Waals surface area contributed by atoms with Crippen molar-refractivity contribution in [3.8, 4) is 11.5 Å². The van der Waals surface area contributed by atoms with Gasteiger partial charge >= 0.3 is 0 Å². The van der Waals surface area contributed by atoms with Gasteiger partial charge in [0.25, 0.3) is 0 Å². The van der Waals surface area contributed by atoms with Gasteiger partial charge in [0.1, 0.15) is 24.7 Å². The van der Waals surface area contributed by atoms with Crippen molar-refractivity contribution >= 4 is 21.6 Å². The Hall–Kier alpha value is -2.74. The molecule has 0 aliphatic heterocycles. The minimum Gasteiger partial charge on any atom is -0.492 e. The highest BCUT2D eigenvalue weighted by molar-refractivity contribution is 7.92. The maximum Gasteiger partial charge on any atom is 0.240 e.